The van der Waals surface area contributed by atoms with Gasteiger partial charge in [0.05, 0.1) is 0 Å². The van der Waals surface area contributed by atoms with E-state index in [1.165, 1.54) is 24.9 Å². The molecule has 4 nitrogen and oxygen atoms in total. The fraction of sp³-hybridized carbons (Fsp3) is 0.278. The van der Waals surface area contributed by atoms with Gasteiger partial charge in [0.1, 0.15) is 0 Å². The summed E-state index contributed by atoms with van der Waals surface area (Å²) in [5.74, 6) is 0. The minimum absolute atomic E-state index is 0.280. The molecule has 1 heterocycles. The summed E-state index contributed by atoms with van der Waals surface area (Å²) in [7, 11) is 0. The maximum atomic E-state index is 12.0. The van der Waals surface area contributed by atoms with Gasteiger partial charge in [-0.05, 0) is 61.7 Å². The molecule has 0 unspecified atom stereocenters. The normalized spacial score (nSPS) is 14.4. The quantitative estimate of drug-likeness (QED) is 0.834. The summed E-state index contributed by atoms with van der Waals surface area (Å²) >= 11 is 5.90. The summed E-state index contributed by atoms with van der Waals surface area (Å²) in [5.41, 5.74) is 2.65. The standard InChI is InChI=1S/C18H20ClN3O/c19-14-5-4-6-16(13-14)21-18(23)20-15-7-9-17(10-8-15)22-11-2-1-3-12-22/h4-10,13H,1-3,11-12H2,(H2,20,21,23). The fourth-order valence-electron chi connectivity index (χ4n) is 2.77. The first-order valence-corrected chi connectivity index (χ1v) is 8.27. The summed E-state index contributed by atoms with van der Waals surface area (Å²) in [6.45, 7) is 2.23. The lowest BCUT2D eigenvalue weighted by molar-refractivity contribution is 0.262. The van der Waals surface area contributed by atoms with Crippen LogP contribution in [0.5, 0.6) is 0 Å². The lowest BCUT2D eigenvalue weighted by atomic mass is 10.1. The molecule has 1 aliphatic rings. The van der Waals surface area contributed by atoms with Crippen LogP contribution < -0.4 is 15.5 Å². The van der Waals surface area contributed by atoms with Gasteiger partial charge < -0.3 is 15.5 Å². The van der Waals surface area contributed by atoms with E-state index in [4.69, 9.17) is 11.6 Å². The van der Waals surface area contributed by atoms with E-state index >= 15 is 0 Å². The highest BCUT2D eigenvalue weighted by atomic mass is 35.5. The second-order valence-corrected chi connectivity index (χ2v) is 6.12. The Hall–Kier alpha value is -2.20. The smallest absolute Gasteiger partial charge is 0.323 e. The molecule has 0 spiro atoms. The molecule has 0 radical (unpaired) electrons. The summed E-state index contributed by atoms with van der Waals surface area (Å²) in [4.78, 5) is 14.4. The maximum absolute atomic E-state index is 12.0. The van der Waals surface area contributed by atoms with Crippen molar-refractivity contribution in [1.29, 1.82) is 0 Å². The number of urea groups is 1. The average molecular weight is 330 g/mol. The Kier molecular flexibility index (Phi) is 5.03. The molecule has 120 valence electrons. The number of piperidine rings is 1. The van der Waals surface area contributed by atoms with Crippen molar-refractivity contribution in [2.24, 2.45) is 0 Å². The molecule has 5 heteroatoms. The lowest BCUT2D eigenvalue weighted by Gasteiger charge is -2.28. The molecule has 0 bridgehead atoms. The molecule has 0 aromatic heterocycles. The van der Waals surface area contributed by atoms with Crippen molar-refractivity contribution >= 4 is 34.7 Å². The van der Waals surface area contributed by atoms with Crippen molar-refractivity contribution in [3.8, 4) is 0 Å². The van der Waals surface area contributed by atoms with E-state index in [0.29, 0.717) is 10.7 Å². The van der Waals surface area contributed by atoms with Crippen molar-refractivity contribution in [2.45, 2.75) is 19.3 Å². The predicted octanol–water partition coefficient (Wildman–Crippen LogP) is 4.97. The number of nitrogens with one attached hydrogen (secondary N) is 2. The van der Waals surface area contributed by atoms with Crippen LogP contribution in [0.3, 0.4) is 0 Å². The molecule has 0 aliphatic carbocycles. The number of nitrogens with zero attached hydrogens (tertiary/aromatic N) is 1. The van der Waals surface area contributed by atoms with E-state index in [0.717, 1.165) is 18.8 Å². The molecular weight excluding hydrogens is 310 g/mol. The largest absolute Gasteiger partial charge is 0.372 e. The summed E-state index contributed by atoms with van der Waals surface area (Å²) in [6, 6.07) is 14.8. The number of carbonyl (C=O) groups excluding carboxylic acids is 1. The topological polar surface area (TPSA) is 44.4 Å². The van der Waals surface area contributed by atoms with E-state index in [9.17, 15) is 4.79 Å². The molecular formula is C18H20ClN3O. The number of benzene rings is 2. The molecule has 1 fully saturated rings. The van der Waals surface area contributed by atoms with Crippen LogP contribution in [0, 0.1) is 0 Å². The van der Waals surface area contributed by atoms with Gasteiger partial charge in [0.15, 0.2) is 0 Å². The molecule has 1 aliphatic heterocycles. The zero-order valence-electron chi connectivity index (χ0n) is 12.9. The Morgan fingerprint density at radius 3 is 2.30 bits per heavy atom. The number of halogens is 1. The molecule has 0 atom stereocenters. The van der Waals surface area contributed by atoms with Crippen molar-refractivity contribution in [3.63, 3.8) is 0 Å². The first-order valence-electron chi connectivity index (χ1n) is 7.89. The summed E-state index contributed by atoms with van der Waals surface area (Å²) in [6.07, 6.45) is 3.82. The lowest BCUT2D eigenvalue weighted by Crippen LogP contribution is -2.29. The number of anilines is 3. The van der Waals surface area contributed by atoms with Gasteiger partial charge in [0.2, 0.25) is 0 Å². The highest BCUT2D eigenvalue weighted by Crippen LogP contribution is 2.22. The Morgan fingerprint density at radius 1 is 0.913 bits per heavy atom. The van der Waals surface area contributed by atoms with Crippen LogP contribution in [0.25, 0.3) is 0 Å². The minimum Gasteiger partial charge on any atom is -0.372 e. The van der Waals surface area contributed by atoms with Crippen molar-refractivity contribution in [1.82, 2.24) is 0 Å². The SMILES string of the molecule is O=C(Nc1ccc(N2CCCCC2)cc1)Nc1cccc(Cl)c1. The van der Waals surface area contributed by atoms with Gasteiger partial charge in [0, 0.05) is 35.2 Å². The van der Waals surface area contributed by atoms with E-state index < -0.39 is 0 Å². The third-order valence-corrected chi connectivity index (χ3v) is 4.16. The minimum atomic E-state index is -0.280. The van der Waals surface area contributed by atoms with E-state index in [1.54, 1.807) is 24.3 Å². The van der Waals surface area contributed by atoms with Crippen LogP contribution in [0.15, 0.2) is 48.5 Å². The van der Waals surface area contributed by atoms with E-state index in [2.05, 4.69) is 27.7 Å². The van der Waals surface area contributed by atoms with Crippen LogP contribution in [-0.2, 0) is 0 Å². The number of amides is 2. The Balaban J connectivity index is 1.58. The Morgan fingerprint density at radius 2 is 1.61 bits per heavy atom. The van der Waals surface area contributed by atoms with Crippen molar-refractivity contribution in [2.75, 3.05) is 28.6 Å². The van der Waals surface area contributed by atoms with Crippen LogP contribution in [0.2, 0.25) is 5.02 Å². The molecule has 3 rings (SSSR count). The molecule has 23 heavy (non-hydrogen) atoms. The van der Waals surface area contributed by atoms with Gasteiger partial charge in [-0.15, -0.1) is 0 Å². The Bertz CT molecular complexity index is 666. The zero-order chi connectivity index (χ0) is 16.1. The van der Waals surface area contributed by atoms with Gasteiger partial charge in [-0.2, -0.15) is 0 Å². The fourth-order valence-corrected chi connectivity index (χ4v) is 2.96. The van der Waals surface area contributed by atoms with E-state index in [-0.39, 0.29) is 6.03 Å². The third kappa shape index (κ3) is 4.39. The summed E-state index contributed by atoms with van der Waals surface area (Å²) in [5, 5.41) is 6.18. The van der Waals surface area contributed by atoms with Crippen LogP contribution in [0.1, 0.15) is 19.3 Å². The number of hydrogen-bond acceptors (Lipinski definition) is 2. The maximum Gasteiger partial charge on any atom is 0.323 e. The summed E-state index contributed by atoms with van der Waals surface area (Å²) < 4.78 is 0. The van der Waals surface area contributed by atoms with Gasteiger partial charge in [-0.25, -0.2) is 4.79 Å². The van der Waals surface area contributed by atoms with Gasteiger partial charge >= 0.3 is 6.03 Å². The molecule has 1 saturated heterocycles. The van der Waals surface area contributed by atoms with Gasteiger partial charge in [-0.1, -0.05) is 17.7 Å². The third-order valence-electron chi connectivity index (χ3n) is 3.93. The Labute approximate surface area is 141 Å². The van der Waals surface area contributed by atoms with Gasteiger partial charge in [-0.3, -0.25) is 0 Å². The van der Waals surface area contributed by atoms with Crippen LogP contribution >= 0.6 is 11.6 Å². The van der Waals surface area contributed by atoms with E-state index in [1.807, 2.05) is 12.1 Å². The highest BCUT2D eigenvalue weighted by molar-refractivity contribution is 6.30. The average Bonchev–Trinajstić information content (AvgIpc) is 2.56. The predicted molar refractivity (Wildman–Crippen MR) is 96.6 cm³/mol. The monoisotopic (exact) mass is 329 g/mol. The highest BCUT2D eigenvalue weighted by Gasteiger charge is 2.11. The molecule has 2 aromatic rings. The number of hydrogen-bond donors (Lipinski definition) is 2. The first-order chi connectivity index (χ1) is 11.2. The number of rotatable bonds is 3. The van der Waals surface area contributed by atoms with Crippen molar-refractivity contribution < 1.29 is 4.79 Å². The molecule has 2 amide bonds. The zero-order valence-corrected chi connectivity index (χ0v) is 13.6. The van der Waals surface area contributed by atoms with Crippen LogP contribution in [-0.4, -0.2) is 19.1 Å². The number of carbonyl (C=O) groups is 1. The second-order valence-electron chi connectivity index (χ2n) is 5.68. The molecule has 2 N–H and O–H groups in total. The van der Waals surface area contributed by atoms with Crippen LogP contribution in [0.4, 0.5) is 21.9 Å². The van der Waals surface area contributed by atoms with Crippen molar-refractivity contribution in [3.05, 3.63) is 53.6 Å². The molecule has 0 saturated carbocycles. The van der Waals surface area contributed by atoms with Gasteiger partial charge in [0.25, 0.3) is 0 Å². The molecule has 2 aromatic carbocycles. The second kappa shape index (κ2) is 7.38. The first kappa shape index (κ1) is 15.7.